The highest BCUT2D eigenvalue weighted by atomic mass is 79.9. The van der Waals surface area contributed by atoms with E-state index < -0.39 is 0 Å². The third-order valence-electron chi connectivity index (χ3n) is 5.28. The van der Waals surface area contributed by atoms with Crippen molar-refractivity contribution in [2.75, 3.05) is 6.61 Å². The van der Waals surface area contributed by atoms with Gasteiger partial charge in [-0.3, -0.25) is 0 Å². The summed E-state index contributed by atoms with van der Waals surface area (Å²) < 4.78 is 7.02. The van der Waals surface area contributed by atoms with Gasteiger partial charge in [0.1, 0.15) is 5.75 Å². The first-order chi connectivity index (χ1) is 10.1. The minimum absolute atomic E-state index is 0.446. The highest BCUT2D eigenvalue weighted by molar-refractivity contribution is 9.10. The van der Waals surface area contributed by atoms with Crippen LogP contribution in [0.25, 0.3) is 0 Å². The van der Waals surface area contributed by atoms with E-state index in [2.05, 4.69) is 53.3 Å². The van der Waals surface area contributed by atoms with E-state index in [4.69, 9.17) is 4.74 Å². The van der Waals surface area contributed by atoms with Crippen molar-refractivity contribution in [3.05, 3.63) is 28.2 Å². The van der Waals surface area contributed by atoms with E-state index >= 15 is 0 Å². The molecule has 1 aliphatic carbocycles. The van der Waals surface area contributed by atoms with Crippen LogP contribution in [0.3, 0.4) is 0 Å². The largest absolute Gasteiger partial charge is 0.493 e. The quantitative estimate of drug-likeness (QED) is 0.802. The summed E-state index contributed by atoms with van der Waals surface area (Å²) in [4.78, 5) is 0. The van der Waals surface area contributed by atoms with E-state index in [-0.39, 0.29) is 0 Å². The van der Waals surface area contributed by atoms with E-state index in [1.54, 1.807) is 0 Å². The van der Waals surface area contributed by atoms with Gasteiger partial charge in [-0.05, 0) is 56.1 Å². The molecule has 1 N–H and O–H groups in total. The predicted octanol–water partition coefficient (Wildman–Crippen LogP) is 5.08. The first-order valence-electron chi connectivity index (χ1n) is 8.32. The van der Waals surface area contributed by atoms with E-state index in [1.165, 1.54) is 31.2 Å². The maximum atomic E-state index is 5.92. The second-order valence-corrected chi connectivity index (χ2v) is 7.77. The highest BCUT2D eigenvalue weighted by Gasteiger charge is 2.28. The minimum atomic E-state index is 0.446. The summed E-state index contributed by atoms with van der Waals surface area (Å²) >= 11 is 3.55. The molecule has 4 unspecified atom stereocenters. The lowest BCUT2D eigenvalue weighted by Gasteiger charge is -2.35. The van der Waals surface area contributed by atoms with Gasteiger partial charge < -0.3 is 10.1 Å². The van der Waals surface area contributed by atoms with Gasteiger partial charge in [-0.2, -0.15) is 0 Å². The number of nitrogens with one attached hydrogen (secondary N) is 1. The lowest BCUT2D eigenvalue weighted by atomic mass is 9.78. The van der Waals surface area contributed by atoms with Crippen molar-refractivity contribution in [1.82, 2.24) is 5.32 Å². The molecule has 0 bridgehead atoms. The summed E-state index contributed by atoms with van der Waals surface area (Å²) in [6.07, 6.45) is 6.28. The Labute approximate surface area is 136 Å². The van der Waals surface area contributed by atoms with Crippen LogP contribution in [0, 0.1) is 11.8 Å². The second-order valence-electron chi connectivity index (χ2n) is 6.86. The number of rotatable bonds is 2. The first-order valence-corrected chi connectivity index (χ1v) is 9.11. The predicted molar refractivity (Wildman–Crippen MR) is 90.7 cm³/mol. The van der Waals surface area contributed by atoms with Crippen LogP contribution in [0.4, 0.5) is 0 Å². The van der Waals surface area contributed by atoms with Crippen molar-refractivity contribution >= 4 is 15.9 Å². The fraction of sp³-hybridized carbons (Fsp3) is 0.667. The molecule has 2 nitrogen and oxygen atoms in total. The lowest BCUT2D eigenvalue weighted by molar-refractivity contribution is 0.212. The van der Waals surface area contributed by atoms with Gasteiger partial charge in [-0.25, -0.2) is 0 Å². The Balaban J connectivity index is 1.73. The van der Waals surface area contributed by atoms with Crippen molar-refractivity contribution in [3.8, 4) is 5.75 Å². The van der Waals surface area contributed by atoms with Crippen molar-refractivity contribution in [2.45, 2.75) is 58.0 Å². The molecule has 1 saturated carbocycles. The Hall–Kier alpha value is -0.540. The van der Waals surface area contributed by atoms with Gasteiger partial charge in [0.2, 0.25) is 0 Å². The van der Waals surface area contributed by atoms with E-state index in [1.807, 2.05) is 0 Å². The van der Waals surface area contributed by atoms with Crippen LogP contribution in [0.2, 0.25) is 0 Å². The fourth-order valence-corrected chi connectivity index (χ4v) is 4.04. The molecule has 4 atom stereocenters. The number of fused-ring (bicyclic) bond motifs is 1. The van der Waals surface area contributed by atoms with Gasteiger partial charge in [0.05, 0.1) is 6.61 Å². The summed E-state index contributed by atoms with van der Waals surface area (Å²) in [6, 6.07) is 7.57. The third-order valence-corrected chi connectivity index (χ3v) is 5.77. The molecule has 3 rings (SSSR count). The molecule has 0 amide bonds. The standard InChI is InChI=1S/C18H26BrNO/c1-12-5-7-15(10-13(12)2)20-17-4-3-9-21-18-11-14(19)6-8-16(17)18/h6,8,11-13,15,17,20H,3-5,7,9-10H2,1-2H3. The summed E-state index contributed by atoms with van der Waals surface area (Å²) in [7, 11) is 0. The van der Waals surface area contributed by atoms with Crippen molar-refractivity contribution in [2.24, 2.45) is 11.8 Å². The topological polar surface area (TPSA) is 21.3 Å². The van der Waals surface area contributed by atoms with E-state index in [9.17, 15) is 0 Å². The third kappa shape index (κ3) is 3.62. The van der Waals surface area contributed by atoms with E-state index in [0.717, 1.165) is 35.1 Å². The Kier molecular flexibility index (Phi) is 4.90. The maximum Gasteiger partial charge on any atom is 0.125 e. The van der Waals surface area contributed by atoms with Crippen LogP contribution in [0.1, 0.15) is 57.6 Å². The molecule has 1 aliphatic heterocycles. The normalized spacial score (nSPS) is 32.9. The van der Waals surface area contributed by atoms with Crippen LogP contribution in [-0.2, 0) is 0 Å². The molecule has 2 aliphatic rings. The molecule has 0 radical (unpaired) electrons. The molecule has 1 aromatic carbocycles. The van der Waals surface area contributed by atoms with Gasteiger partial charge in [0.25, 0.3) is 0 Å². The number of benzene rings is 1. The zero-order valence-electron chi connectivity index (χ0n) is 13.1. The molecule has 1 heterocycles. The van der Waals surface area contributed by atoms with Gasteiger partial charge in [-0.1, -0.05) is 35.8 Å². The van der Waals surface area contributed by atoms with Crippen LogP contribution in [0.15, 0.2) is 22.7 Å². The van der Waals surface area contributed by atoms with Crippen molar-refractivity contribution < 1.29 is 4.74 Å². The highest BCUT2D eigenvalue weighted by Crippen LogP contribution is 2.36. The number of ether oxygens (including phenoxy) is 1. The summed E-state index contributed by atoms with van der Waals surface area (Å²) in [5.41, 5.74) is 1.34. The molecule has 1 aromatic rings. The van der Waals surface area contributed by atoms with Crippen molar-refractivity contribution in [1.29, 1.82) is 0 Å². The molecule has 1 fully saturated rings. The molecule has 0 saturated heterocycles. The van der Waals surface area contributed by atoms with Crippen LogP contribution in [-0.4, -0.2) is 12.6 Å². The van der Waals surface area contributed by atoms with Gasteiger partial charge >= 0.3 is 0 Å². The zero-order valence-corrected chi connectivity index (χ0v) is 14.7. The lowest BCUT2D eigenvalue weighted by Crippen LogP contribution is -2.38. The average molecular weight is 352 g/mol. The van der Waals surface area contributed by atoms with Gasteiger partial charge in [0, 0.05) is 22.1 Å². The molecule has 116 valence electrons. The zero-order chi connectivity index (χ0) is 14.8. The molecule has 3 heteroatoms. The van der Waals surface area contributed by atoms with E-state index in [0.29, 0.717) is 12.1 Å². The monoisotopic (exact) mass is 351 g/mol. The summed E-state index contributed by atoms with van der Waals surface area (Å²) in [5.74, 6) is 2.77. The maximum absolute atomic E-state index is 5.92. The second kappa shape index (κ2) is 6.70. The molecule has 21 heavy (non-hydrogen) atoms. The van der Waals surface area contributed by atoms with Gasteiger partial charge in [0.15, 0.2) is 0 Å². The number of halogens is 1. The van der Waals surface area contributed by atoms with Crippen molar-refractivity contribution in [3.63, 3.8) is 0 Å². The Bertz CT molecular complexity index is 490. The molecule has 0 spiro atoms. The number of hydrogen-bond donors (Lipinski definition) is 1. The Morgan fingerprint density at radius 3 is 2.81 bits per heavy atom. The van der Waals surface area contributed by atoms with Crippen LogP contribution >= 0.6 is 15.9 Å². The Morgan fingerprint density at radius 1 is 1.14 bits per heavy atom. The molecular weight excluding hydrogens is 326 g/mol. The smallest absolute Gasteiger partial charge is 0.125 e. The SMILES string of the molecule is CC1CCC(NC2CCCOc3cc(Br)ccc32)CC1C. The van der Waals surface area contributed by atoms with Crippen LogP contribution in [0.5, 0.6) is 5.75 Å². The average Bonchev–Trinajstić information content (AvgIpc) is 2.65. The first kappa shape index (κ1) is 15.4. The summed E-state index contributed by atoms with van der Waals surface area (Å²) in [6.45, 7) is 5.63. The molecular formula is C18H26BrNO. The Morgan fingerprint density at radius 2 is 2.00 bits per heavy atom. The summed E-state index contributed by atoms with van der Waals surface area (Å²) in [5, 5.41) is 3.93. The molecule has 0 aromatic heterocycles. The van der Waals surface area contributed by atoms with Gasteiger partial charge in [-0.15, -0.1) is 0 Å². The number of hydrogen-bond acceptors (Lipinski definition) is 2. The fourth-order valence-electron chi connectivity index (χ4n) is 3.70. The minimum Gasteiger partial charge on any atom is -0.493 e. The van der Waals surface area contributed by atoms with Crippen LogP contribution < -0.4 is 10.1 Å².